The molecular weight excluding hydrogens is 452 g/mol. The molecule has 8 nitrogen and oxygen atoms in total. The number of carbonyl (C=O) groups is 2. The Hall–Kier alpha value is -4.11. The van der Waals surface area contributed by atoms with Crippen molar-refractivity contribution in [3.05, 3.63) is 101 Å². The number of nitro benzene ring substituents is 1. The average Bonchev–Trinajstić information content (AvgIpc) is 3.21. The summed E-state index contributed by atoms with van der Waals surface area (Å²) in [5.41, 5.74) is 2.08. The van der Waals surface area contributed by atoms with Crippen molar-refractivity contribution < 1.29 is 14.5 Å². The van der Waals surface area contributed by atoms with Crippen molar-refractivity contribution in [1.29, 1.82) is 0 Å². The Bertz CT molecular complexity index is 1320. The molecule has 0 unspecified atom stereocenters. The number of nitrogens with one attached hydrogen (secondary N) is 2. The third-order valence-corrected chi connectivity index (χ3v) is 6.19. The lowest BCUT2D eigenvalue weighted by Crippen LogP contribution is -2.27. The summed E-state index contributed by atoms with van der Waals surface area (Å²) in [5, 5.41) is 17.5. The fourth-order valence-electron chi connectivity index (χ4n) is 3.50. The summed E-state index contributed by atoms with van der Waals surface area (Å²) in [4.78, 5) is 36.0. The standard InChI is InChI=1S/C25H22N4O4S/c30-24(27-19-6-2-1-3-7-19)17-34-23-16-28(22-9-5-4-8-21(22)23)15-14-26-25(31)18-10-12-20(13-11-18)29(32)33/h1-13,16H,14-15,17H2,(H,26,31)(H,27,30). The van der Waals surface area contributed by atoms with Crippen molar-refractivity contribution in [2.45, 2.75) is 11.4 Å². The summed E-state index contributed by atoms with van der Waals surface area (Å²) >= 11 is 1.46. The lowest BCUT2D eigenvalue weighted by atomic mass is 10.2. The Morgan fingerprint density at radius 1 is 0.941 bits per heavy atom. The molecule has 0 aliphatic rings. The highest BCUT2D eigenvalue weighted by Gasteiger charge is 2.12. The highest BCUT2D eigenvalue weighted by atomic mass is 32.2. The second kappa shape index (κ2) is 10.7. The number of rotatable bonds is 9. The number of para-hydroxylation sites is 2. The van der Waals surface area contributed by atoms with E-state index in [9.17, 15) is 19.7 Å². The van der Waals surface area contributed by atoms with E-state index in [-0.39, 0.29) is 23.3 Å². The van der Waals surface area contributed by atoms with Crippen molar-refractivity contribution in [3.8, 4) is 0 Å². The molecule has 4 rings (SSSR count). The van der Waals surface area contributed by atoms with Crippen molar-refractivity contribution >= 4 is 45.9 Å². The van der Waals surface area contributed by atoms with Crippen LogP contribution in [0.15, 0.2) is 90.0 Å². The van der Waals surface area contributed by atoms with Gasteiger partial charge in [-0.1, -0.05) is 36.4 Å². The average molecular weight is 475 g/mol. The van der Waals surface area contributed by atoms with Crippen LogP contribution in [-0.2, 0) is 11.3 Å². The van der Waals surface area contributed by atoms with Gasteiger partial charge in [0.05, 0.1) is 10.7 Å². The Kier molecular flexibility index (Phi) is 7.24. The predicted octanol–water partition coefficient (Wildman–Crippen LogP) is 4.71. The Morgan fingerprint density at radius 2 is 1.65 bits per heavy atom. The van der Waals surface area contributed by atoms with Crippen LogP contribution in [0.4, 0.5) is 11.4 Å². The van der Waals surface area contributed by atoms with Gasteiger partial charge in [0, 0.05) is 58.5 Å². The van der Waals surface area contributed by atoms with Gasteiger partial charge in [-0.2, -0.15) is 0 Å². The number of fused-ring (bicyclic) bond motifs is 1. The molecule has 2 N–H and O–H groups in total. The normalized spacial score (nSPS) is 10.7. The van der Waals surface area contributed by atoms with Crippen LogP contribution < -0.4 is 10.6 Å². The molecule has 0 aliphatic heterocycles. The summed E-state index contributed by atoms with van der Waals surface area (Å²) in [6.45, 7) is 0.920. The van der Waals surface area contributed by atoms with Gasteiger partial charge in [0.2, 0.25) is 5.91 Å². The molecule has 0 saturated carbocycles. The van der Waals surface area contributed by atoms with E-state index in [1.807, 2.05) is 65.4 Å². The maximum absolute atomic E-state index is 12.4. The summed E-state index contributed by atoms with van der Waals surface area (Å²) in [6, 6.07) is 22.8. The van der Waals surface area contributed by atoms with E-state index < -0.39 is 4.92 Å². The van der Waals surface area contributed by atoms with Crippen LogP contribution in [0.5, 0.6) is 0 Å². The molecule has 3 aromatic carbocycles. The van der Waals surface area contributed by atoms with Gasteiger partial charge >= 0.3 is 0 Å². The molecule has 0 saturated heterocycles. The summed E-state index contributed by atoms with van der Waals surface area (Å²) in [7, 11) is 0. The largest absolute Gasteiger partial charge is 0.350 e. The number of amides is 2. The van der Waals surface area contributed by atoms with Crippen LogP contribution in [0, 0.1) is 10.1 Å². The fraction of sp³-hybridized carbons (Fsp3) is 0.120. The van der Waals surface area contributed by atoms with Crippen LogP contribution >= 0.6 is 11.8 Å². The molecule has 0 fully saturated rings. The van der Waals surface area contributed by atoms with E-state index in [0.717, 1.165) is 21.5 Å². The van der Waals surface area contributed by atoms with Crippen LogP contribution in [-0.4, -0.2) is 33.6 Å². The number of benzene rings is 3. The van der Waals surface area contributed by atoms with E-state index in [2.05, 4.69) is 10.6 Å². The minimum absolute atomic E-state index is 0.0576. The third-order valence-electron chi connectivity index (χ3n) is 5.15. The molecule has 1 aromatic heterocycles. The van der Waals surface area contributed by atoms with Gasteiger partial charge in [-0.15, -0.1) is 11.8 Å². The predicted molar refractivity (Wildman–Crippen MR) is 133 cm³/mol. The first-order valence-corrected chi connectivity index (χ1v) is 11.6. The van der Waals surface area contributed by atoms with Crippen LogP contribution in [0.25, 0.3) is 10.9 Å². The van der Waals surface area contributed by atoms with Crippen LogP contribution in [0.1, 0.15) is 10.4 Å². The quantitative estimate of drug-likeness (QED) is 0.208. The molecule has 2 amide bonds. The first-order chi connectivity index (χ1) is 16.5. The number of aromatic nitrogens is 1. The van der Waals surface area contributed by atoms with E-state index in [1.165, 1.54) is 36.0 Å². The maximum Gasteiger partial charge on any atom is 0.269 e. The zero-order valence-corrected chi connectivity index (χ0v) is 19.0. The van der Waals surface area contributed by atoms with Crippen molar-refractivity contribution in [1.82, 2.24) is 9.88 Å². The Balaban J connectivity index is 1.37. The van der Waals surface area contributed by atoms with Crippen molar-refractivity contribution in [2.24, 2.45) is 0 Å². The number of nitrogens with zero attached hydrogens (tertiary/aromatic N) is 2. The number of nitro groups is 1. The van der Waals surface area contributed by atoms with E-state index in [0.29, 0.717) is 18.7 Å². The SMILES string of the molecule is O=C(CSc1cn(CCNC(=O)c2ccc([N+](=O)[O-])cc2)c2ccccc12)Nc1ccccc1. The number of carbonyl (C=O) groups excluding carboxylic acids is 2. The minimum atomic E-state index is -0.500. The van der Waals surface area contributed by atoms with Crippen molar-refractivity contribution in [2.75, 3.05) is 17.6 Å². The number of hydrogen-bond donors (Lipinski definition) is 2. The van der Waals surface area contributed by atoms with Crippen LogP contribution in [0.2, 0.25) is 0 Å². The summed E-state index contributed by atoms with van der Waals surface area (Å²) < 4.78 is 2.04. The topological polar surface area (TPSA) is 106 Å². The second-order valence-corrected chi connectivity index (χ2v) is 8.48. The molecule has 4 aromatic rings. The van der Waals surface area contributed by atoms with Gasteiger partial charge in [0.25, 0.3) is 11.6 Å². The van der Waals surface area contributed by atoms with Crippen LogP contribution in [0.3, 0.4) is 0 Å². The number of anilines is 1. The molecule has 34 heavy (non-hydrogen) atoms. The zero-order chi connectivity index (χ0) is 23.9. The third kappa shape index (κ3) is 5.62. The fourth-order valence-corrected chi connectivity index (χ4v) is 4.39. The van der Waals surface area contributed by atoms with E-state index in [1.54, 1.807) is 0 Å². The summed E-state index contributed by atoms with van der Waals surface area (Å²) in [5.74, 6) is -0.0956. The number of hydrogen-bond acceptors (Lipinski definition) is 5. The molecule has 0 atom stereocenters. The van der Waals surface area contributed by atoms with Gasteiger partial charge in [0.1, 0.15) is 0 Å². The molecule has 0 aliphatic carbocycles. The zero-order valence-electron chi connectivity index (χ0n) is 18.1. The van der Waals surface area contributed by atoms with E-state index in [4.69, 9.17) is 0 Å². The van der Waals surface area contributed by atoms with E-state index >= 15 is 0 Å². The summed E-state index contributed by atoms with van der Waals surface area (Å²) in [6.07, 6.45) is 1.99. The van der Waals surface area contributed by atoms with Gasteiger partial charge in [-0.05, 0) is 30.3 Å². The molecular formula is C25H22N4O4S. The molecule has 0 spiro atoms. The lowest BCUT2D eigenvalue weighted by molar-refractivity contribution is -0.384. The first kappa shape index (κ1) is 23.1. The van der Waals surface area contributed by atoms with Gasteiger partial charge in [-0.3, -0.25) is 19.7 Å². The molecule has 0 bridgehead atoms. The van der Waals surface area contributed by atoms with Crippen molar-refractivity contribution in [3.63, 3.8) is 0 Å². The Labute approximate surface area is 200 Å². The second-order valence-electron chi connectivity index (χ2n) is 7.47. The molecule has 172 valence electrons. The highest BCUT2D eigenvalue weighted by molar-refractivity contribution is 8.00. The maximum atomic E-state index is 12.4. The Morgan fingerprint density at radius 3 is 2.38 bits per heavy atom. The molecule has 0 radical (unpaired) electrons. The monoisotopic (exact) mass is 474 g/mol. The molecule has 9 heteroatoms. The lowest BCUT2D eigenvalue weighted by Gasteiger charge is -2.07. The van der Waals surface area contributed by atoms with Gasteiger partial charge in [-0.25, -0.2) is 0 Å². The first-order valence-electron chi connectivity index (χ1n) is 10.6. The number of thioether (sulfide) groups is 1. The van der Waals surface area contributed by atoms with Gasteiger partial charge in [0.15, 0.2) is 0 Å². The minimum Gasteiger partial charge on any atom is -0.350 e. The number of non-ortho nitro benzene ring substituents is 1. The highest BCUT2D eigenvalue weighted by Crippen LogP contribution is 2.30. The van der Waals surface area contributed by atoms with Gasteiger partial charge < -0.3 is 15.2 Å². The smallest absolute Gasteiger partial charge is 0.269 e. The molecule has 1 heterocycles.